The molecule has 2 aromatic rings. The number of rotatable bonds is 2. The fourth-order valence-electron chi connectivity index (χ4n) is 1.52. The first-order valence-corrected chi connectivity index (χ1v) is 5.72. The van der Waals surface area contributed by atoms with Crippen molar-refractivity contribution in [2.24, 2.45) is 5.73 Å². The molecule has 2 N–H and O–H groups in total. The van der Waals surface area contributed by atoms with Gasteiger partial charge >= 0.3 is 0 Å². The van der Waals surface area contributed by atoms with Crippen LogP contribution in [0.1, 0.15) is 22.0 Å². The van der Waals surface area contributed by atoms with E-state index in [0.29, 0.717) is 5.56 Å². The molecule has 0 saturated carbocycles. The fraction of sp³-hybridized carbons (Fsp3) is 0.167. The maximum atomic E-state index is 13.7. The Hall–Kier alpha value is -1.26. The molecule has 0 aliphatic carbocycles. The standard InChI is InChI=1S/C12H11F2NS/c1-7-4-5-8(11(14)10(7)13)12(15)9-3-2-6-16-9/h2-6,12H,15H2,1H3/t12-/m1/s1. The molecule has 0 aliphatic heterocycles. The monoisotopic (exact) mass is 239 g/mol. The third kappa shape index (κ3) is 1.86. The fourth-order valence-corrected chi connectivity index (χ4v) is 2.27. The molecular weight excluding hydrogens is 228 g/mol. The molecular formula is C12H11F2NS. The SMILES string of the molecule is Cc1ccc([C@@H](N)c2cccs2)c(F)c1F. The lowest BCUT2D eigenvalue weighted by Crippen LogP contribution is -2.13. The minimum absolute atomic E-state index is 0.200. The third-order valence-corrected chi connectivity index (χ3v) is 3.45. The smallest absolute Gasteiger partial charge is 0.164 e. The summed E-state index contributed by atoms with van der Waals surface area (Å²) in [5.74, 6) is -1.66. The third-order valence-electron chi connectivity index (χ3n) is 2.49. The maximum Gasteiger partial charge on any atom is 0.164 e. The van der Waals surface area contributed by atoms with E-state index in [1.807, 2.05) is 17.5 Å². The minimum Gasteiger partial charge on any atom is -0.320 e. The molecule has 1 nitrogen and oxygen atoms in total. The number of benzene rings is 1. The highest BCUT2D eigenvalue weighted by molar-refractivity contribution is 7.10. The van der Waals surface area contributed by atoms with Crippen LogP contribution < -0.4 is 5.73 Å². The van der Waals surface area contributed by atoms with E-state index in [4.69, 9.17) is 5.73 Å². The molecule has 0 unspecified atom stereocenters. The van der Waals surface area contributed by atoms with E-state index in [9.17, 15) is 8.78 Å². The lowest BCUT2D eigenvalue weighted by Gasteiger charge is -2.12. The van der Waals surface area contributed by atoms with Gasteiger partial charge in [0.1, 0.15) is 0 Å². The zero-order chi connectivity index (χ0) is 11.7. The van der Waals surface area contributed by atoms with Crippen LogP contribution in [0.25, 0.3) is 0 Å². The summed E-state index contributed by atoms with van der Waals surface area (Å²) in [6.07, 6.45) is 0. The van der Waals surface area contributed by atoms with Crippen molar-refractivity contribution in [3.63, 3.8) is 0 Å². The summed E-state index contributed by atoms with van der Waals surface area (Å²) in [5.41, 5.74) is 6.38. The number of hydrogen-bond acceptors (Lipinski definition) is 2. The lowest BCUT2D eigenvalue weighted by atomic mass is 10.0. The van der Waals surface area contributed by atoms with Gasteiger partial charge in [-0.15, -0.1) is 11.3 Å². The number of thiophene rings is 1. The van der Waals surface area contributed by atoms with Crippen molar-refractivity contribution in [3.05, 3.63) is 57.3 Å². The molecule has 16 heavy (non-hydrogen) atoms. The van der Waals surface area contributed by atoms with Crippen molar-refractivity contribution in [1.82, 2.24) is 0 Å². The lowest BCUT2D eigenvalue weighted by molar-refractivity contribution is 0.490. The first kappa shape index (κ1) is 11.2. The van der Waals surface area contributed by atoms with Crippen LogP contribution in [0.3, 0.4) is 0 Å². The molecule has 1 heterocycles. The maximum absolute atomic E-state index is 13.7. The number of hydrogen-bond donors (Lipinski definition) is 1. The molecule has 1 atom stereocenters. The van der Waals surface area contributed by atoms with Crippen LogP contribution in [0.4, 0.5) is 8.78 Å². The predicted molar refractivity (Wildman–Crippen MR) is 61.4 cm³/mol. The molecule has 84 valence electrons. The number of halogens is 2. The highest BCUT2D eigenvalue weighted by Crippen LogP contribution is 2.27. The topological polar surface area (TPSA) is 26.0 Å². The number of aryl methyl sites for hydroxylation is 1. The Balaban J connectivity index is 2.45. The summed E-state index contributed by atoms with van der Waals surface area (Å²) in [5, 5.41) is 1.86. The number of nitrogens with two attached hydrogens (primary N) is 1. The zero-order valence-corrected chi connectivity index (χ0v) is 9.52. The first-order valence-electron chi connectivity index (χ1n) is 4.84. The Kier molecular flexibility index (Phi) is 3.03. The van der Waals surface area contributed by atoms with Crippen LogP contribution in [-0.4, -0.2) is 0 Å². The average molecular weight is 239 g/mol. The molecule has 1 aromatic heterocycles. The van der Waals surface area contributed by atoms with Gasteiger partial charge in [-0.1, -0.05) is 18.2 Å². The summed E-state index contributed by atoms with van der Waals surface area (Å²) in [6.45, 7) is 1.53. The molecule has 0 saturated heterocycles. The van der Waals surface area contributed by atoms with E-state index >= 15 is 0 Å². The molecule has 0 bridgehead atoms. The molecule has 2 rings (SSSR count). The van der Waals surface area contributed by atoms with Crippen molar-refractivity contribution in [3.8, 4) is 0 Å². The Bertz CT molecular complexity index is 494. The van der Waals surface area contributed by atoms with Gasteiger partial charge in [-0.25, -0.2) is 8.78 Å². The molecule has 0 radical (unpaired) electrons. The van der Waals surface area contributed by atoms with Gasteiger partial charge in [0.15, 0.2) is 11.6 Å². The Morgan fingerprint density at radius 1 is 1.19 bits per heavy atom. The second kappa shape index (κ2) is 4.31. The van der Waals surface area contributed by atoms with Gasteiger partial charge in [0.25, 0.3) is 0 Å². The quantitative estimate of drug-likeness (QED) is 0.854. The second-order valence-electron chi connectivity index (χ2n) is 3.59. The van der Waals surface area contributed by atoms with Crippen molar-refractivity contribution in [2.75, 3.05) is 0 Å². The van der Waals surface area contributed by atoms with E-state index in [1.165, 1.54) is 24.3 Å². The molecule has 0 fully saturated rings. The van der Waals surface area contributed by atoms with Crippen LogP contribution in [0.15, 0.2) is 29.6 Å². The van der Waals surface area contributed by atoms with Gasteiger partial charge in [0, 0.05) is 10.4 Å². The van der Waals surface area contributed by atoms with Gasteiger partial charge < -0.3 is 5.73 Å². The molecule has 0 aliphatic rings. The van der Waals surface area contributed by atoms with Crippen LogP contribution >= 0.6 is 11.3 Å². The van der Waals surface area contributed by atoms with Crippen LogP contribution in [-0.2, 0) is 0 Å². The Morgan fingerprint density at radius 3 is 2.56 bits per heavy atom. The average Bonchev–Trinajstić information content (AvgIpc) is 2.79. The van der Waals surface area contributed by atoms with Crippen molar-refractivity contribution in [1.29, 1.82) is 0 Å². The molecule has 4 heteroatoms. The van der Waals surface area contributed by atoms with Crippen LogP contribution in [0.5, 0.6) is 0 Å². The normalized spacial score (nSPS) is 12.8. The largest absolute Gasteiger partial charge is 0.320 e. The molecule has 0 spiro atoms. The molecule has 0 amide bonds. The summed E-state index contributed by atoms with van der Waals surface area (Å²) in [7, 11) is 0. The van der Waals surface area contributed by atoms with Gasteiger partial charge in [-0.05, 0) is 23.9 Å². The summed E-state index contributed by atoms with van der Waals surface area (Å²) >= 11 is 1.43. The van der Waals surface area contributed by atoms with E-state index < -0.39 is 17.7 Å². The van der Waals surface area contributed by atoms with Gasteiger partial charge in [-0.2, -0.15) is 0 Å². The summed E-state index contributed by atoms with van der Waals surface area (Å²) in [6, 6.07) is 6.13. The van der Waals surface area contributed by atoms with E-state index in [0.717, 1.165) is 4.88 Å². The minimum atomic E-state index is -0.846. The second-order valence-corrected chi connectivity index (χ2v) is 4.57. The van der Waals surface area contributed by atoms with Crippen LogP contribution in [0.2, 0.25) is 0 Å². The highest BCUT2D eigenvalue weighted by atomic mass is 32.1. The van der Waals surface area contributed by atoms with Gasteiger partial charge in [0.05, 0.1) is 6.04 Å². The summed E-state index contributed by atoms with van der Waals surface area (Å²) < 4.78 is 27.0. The van der Waals surface area contributed by atoms with E-state index in [2.05, 4.69) is 0 Å². The van der Waals surface area contributed by atoms with Crippen molar-refractivity contribution >= 4 is 11.3 Å². The summed E-state index contributed by atoms with van der Waals surface area (Å²) in [4.78, 5) is 0.821. The van der Waals surface area contributed by atoms with Crippen LogP contribution in [0, 0.1) is 18.6 Å². The van der Waals surface area contributed by atoms with Crippen molar-refractivity contribution in [2.45, 2.75) is 13.0 Å². The van der Waals surface area contributed by atoms with E-state index in [1.54, 1.807) is 6.07 Å². The highest BCUT2D eigenvalue weighted by Gasteiger charge is 2.18. The Morgan fingerprint density at radius 2 is 1.94 bits per heavy atom. The predicted octanol–water partition coefficient (Wildman–Crippen LogP) is 3.38. The zero-order valence-electron chi connectivity index (χ0n) is 8.71. The Labute approximate surface area is 96.5 Å². The molecule has 1 aromatic carbocycles. The van der Waals surface area contributed by atoms with Crippen molar-refractivity contribution < 1.29 is 8.78 Å². The van der Waals surface area contributed by atoms with E-state index in [-0.39, 0.29) is 5.56 Å². The van der Waals surface area contributed by atoms with Gasteiger partial charge in [0.2, 0.25) is 0 Å². The first-order chi connectivity index (χ1) is 7.61. The van der Waals surface area contributed by atoms with Gasteiger partial charge in [-0.3, -0.25) is 0 Å².